The Kier molecular flexibility index (Phi) is 2.30. The van der Waals surface area contributed by atoms with Crippen molar-refractivity contribution in [3.8, 4) is 0 Å². The van der Waals surface area contributed by atoms with Crippen LogP contribution in [0.5, 0.6) is 0 Å². The number of hydrogen-bond acceptors (Lipinski definition) is 1. The van der Waals surface area contributed by atoms with E-state index in [0.717, 1.165) is 6.54 Å². The van der Waals surface area contributed by atoms with Crippen LogP contribution in [-0.4, -0.2) is 9.55 Å². The quantitative estimate of drug-likeness (QED) is 0.699. The molecule has 2 heteroatoms. The van der Waals surface area contributed by atoms with Crippen LogP contribution in [0.3, 0.4) is 0 Å². The fourth-order valence-electron chi connectivity index (χ4n) is 1.56. The summed E-state index contributed by atoms with van der Waals surface area (Å²) in [5.41, 5.74) is 1.29. The summed E-state index contributed by atoms with van der Waals surface area (Å²) in [6.07, 6.45) is 8.39. The highest BCUT2D eigenvalue weighted by atomic mass is 14.9. The van der Waals surface area contributed by atoms with Gasteiger partial charge in [0, 0.05) is 30.5 Å². The summed E-state index contributed by atoms with van der Waals surface area (Å²) in [4.78, 5) is 4.09. The van der Waals surface area contributed by atoms with Gasteiger partial charge in [-0.2, -0.15) is 0 Å². The molecular formula is C11H14N2. The first-order chi connectivity index (χ1) is 6.42. The van der Waals surface area contributed by atoms with E-state index < -0.39 is 0 Å². The Morgan fingerprint density at radius 2 is 2.31 bits per heavy atom. The van der Waals surface area contributed by atoms with Crippen molar-refractivity contribution in [2.45, 2.75) is 26.3 Å². The van der Waals surface area contributed by atoms with Crippen molar-refractivity contribution in [1.29, 1.82) is 0 Å². The molecule has 2 rings (SSSR count). The molecule has 0 radical (unpaired) electrons. The summed E-state index contributed by atoms with van der Waals surface area (Å²) in [5.74, 6) is 0. The molecule has 0 unspecified atom stereocenters. The molecular weight excluding hydrogens is 160 g/mol. The largest absolute Gasteiger partial charge is 0.347 e. The molecule has 0 fully saturated rings. The van der Waals surface area contributed by atoms with Gasteiger partial charge < -0.3 is 4.57 Å². The first-order valence-corrected chi connectivity index (χ1v) is 4.80. The van der Waals surface area contributed by atoms with Crippen LogP contribution in [0, 0.1) is 0 Å². The van der Waals surface area contributed by atoms with E-state index in [9.17, 15) is 0 Å². The second-order valence-electron chi connectivity index (χ2n) is 3.30. The lowest BCUT2D eigenvalue weighted by atomic mass is 10.3. The van der Waals surface area contributed by atoms with Crippen LogP contribution >= 0.6 is 0 Å². The van der Waals surface area contributed by atoms with Crippen LogP contribution in [0.4, 0.5) is 0 Å². The van der Waals surface area contributed by atoms with Gasteiger partial charge in [0.15, 0.2) is 0 Å². The maximum atomic E-state index is 4.09. The van der Waals surface area contributed by atoms with Crippen molar-refractivity contribution in [1.82, 2.24) is 9.55 Å². The van der Waals surface area contributed by atoms with Gasteiger partial charge in [-0.05, 0) is 18.6 Å². The van der Waals surface area contributed by atoms with E-state index in [1.54, 1.807) is 0 Å². The molecule has 2 aromatic rings. The van der Waals surface area contributed by atoms with Gasteiger partial charge in [-0.1, -0.05) is 13.3 Å². The van der Waals surface area contributed by atoms with Crippen molar-refractivity contribution in [2.24, 2.45) is 0 Å². The maximum absolute atomic E-state index is 4.09. The van der Waals surface area contributed by atoms with E-state index in [0.29, 0.717) is 0 Å². The molecule has 2 heterocycles. The minimum atomic E-state index is 1.12. The third kappa shape index (κ3) is 1.57. The summed E-state index contributed by atoms with van der Waals surface area (Å²) >= 11 is 0. The summed E-state index contributed by atoms with van der Waals surface area (Å²) in [6, 6.07) is 4.20. The van der Waals surface area contributed by atoms with Gasteiger partial charge in [0.05, 0.1) is 5.52 Å². The van der Waals surface area contributed by atoms with Gasteiger partial charge in [0.1, 0.15) is 0 Å². The molecule has 2 aromatic heterocycles. The third-order valence-electron chi connectivity index (χ3n) is 2.32. The first-order valence-electron chi connectivity index (χ1n) is 4.80. The SMILES string of the molecule is CCCCn1ccc2cnccc21. The highest BCUT2D eigenvalue weighted by molar-refractivity contribution is 5.78. The molecule has 0 saturated heterocycles. The lowest BCUT2D eigenvalue weighted by Gasteiger charge is -2.02. The predicted octanol–water partition coefficient (Wildman–Crippen LogP) is 2.84. The normalized spacial score (nSPS) is 10.8. The molecule has 0 bridgehead atoms. The van der Waals surface area contributed by atoms with E-state index in [2.05, 4.69) is 34.8 Å². The highest BCUT2D eigenvalue weighted by Gasteiger charge is 1.98. The summed E-state index contributed by atoms with van der Waals surface area (Å²) in [7, 11) is 0. The fraction of sp³-hybridized carbons (Fsp3) is 0.364. The molecule has 0 atom stereocenters. The van der Waals surface area contributed by atoms with Crippen molar-refractivity contribution in [2.75, 3.05) is 0 Å². The van der Waals surface area contributed by atoms with Gasteiger partial charge in [-0.3, -0.25) is 4.98 Å². The molecule has 0 aromatic carbocycles. The summed E-state index contributed by atoms with van der Waals surface area (Å²) in [5, 5.41) is 1.23. The molecule has 0 aliphatic rings. The summed E-state index contributed by atoms with van der Waals surface area (Å²) in [6.45, 7) is 3.33. The van der Waals surface area contributed by atoms with Gasteiger partial charge in [0.25, 0.3) is 0 Å². The van der Waals surface area contributed by atoms with Crippen molar-refractivity contribution >= 4 is 10.9 Å². The molecule has 13 heavy (non-hydrogen) atoms. The smallest absolute Gasteiger partial charge is 0.0511 e. The van der Waals surface area contributed by atoms with E-state index in [1.165, 1.54) is 23.7 Å². The molecule has 0 N–H and O–H groups in total. The van der Waals surface area contributed by atoms with E-state index in [1.807, 2.05) is 12.4 Å². The van der Waals surface area contributed by atoms with Gasteiger partial charge >= 0.3 is 0 Å². The monoisotopic (exact) mass is 174 g/mol. The predicted molar refractivity (Wildman–Crippen MR) is 54.6 cm³/mol. The van der Waals surface area contributed by atoms with E-state index >= 15 is 0 Å². The van der Waals surface area contributed by atoms with Crippen LogP contribution < -0.4 is 0 Å². The number of aryl methyl sites for hydroxylation is 1. The van der Waals surface area contributed by atoms with Crippen LogP contribution in [-0.2, 0) is 6.54 Å². The Balaban J connectivity index is 2.35. The zero-order valence-corrected chi connectivity index (χ0v) is 7.90. The molecule has 0 saturated carbocycles. The number of pyridine rings is 1. The number of fused-ring (bicyclic) bond motifs is 1. The number of nitrogens with zero attached hydrogens (tertiary/aromatic N) is 2. The molecule has 0 aliphatic heterocycles. The zero-order valence-electron chi connectivity index (χ0n) is 7.90. The second-order valence-corrected chi connectivity index (χ2v) is 3.30. The van der Waals surface area contributed by atoms with Crippen LogP contribution in [0.2, 0.25) is 0 Å². The second kappa shape index (κ2) is 3.60. The Morgan fingerprint density at radius 1 is 1.38 bits per heavy atom. The van der Waals surface area contributed by atoms with E-state index in [-0.39, 0.29) is 0 Å². The summed E-state index contributed by atoms with van der Waals surface area (Å²) < 4.78 is 2.29. The topological polar surface area (TPSA) is 17.8 Å². The Hall–Kier alpha value is -1.31. The minimum Gasteiger partial charge on any atom is -0.347 e. The van der Waals surface area contributed by atoms with Crippen molar-refractivity contribution in [3.05, 3.63) is 30.7 Å². The highest BCUT2D eigenvalue weighted by Crippen LogP contribution is 2.14. The first kappa shape index (κ1) is 8.30. The lowest BCUT2D eigenvalue weighted by Crippen LogP contribution is -1.94. The molecule has 0 amide bonds. The Morgan fingerprint density at radius 3 is 3.15 bits per heavy atom. The van der Waals surface area contributed by atoms with Crippen molar-refractivity contribution < 1.29 is 0 Å². The number of aromatic nitrogens is 2. The van der Waals surface area contributed by atoms with Gasteiger partial charge in [-0.25, -0.2) is 0 Å². The minimum absolute atomic E-state index is 1.12. The van der Waals surface area contributed by atoms with Gasteiger partial charge in [0.2, 0.25) is 0 Å². The third-order valence-corrected chi connectivity index (χ3v) is 2.32. The molecule has 0 aliphatic carbocycles. The number of unbranched alkanes of at least 4 members (excludes halogenated alkanes) is 1. The fourth-order valence-corrected chi connectivity index (χ4v) is 1.56. The molecule has 68 valence electrons. The van der Waals surface area contributed by atoms with Crippen LogP contribution in [0.15, 0.2) is 30.7 Å². The van der Waals surface area contributed by atoms with E-state index in [4.69, 9.17) is 0 Å². The average molecular weight is 174 g/mol. The zero-order chi connectivity index (χ0) is 9.10. The number of rotatable bonds is 3. The Bertz CT molecular complexity index is 390. The lowest BCUT2D eigenvalue weighted by molar-refractivity contribution is 0.650. The van der Waals surface area contributed by atoms with Gasteiger partial charge in [-0.15, -0.1) is 0 Å². The number of hydrogen-bond donors (Lipinski definition) is 0. The van der Waals surface area contributed by atoms with Crippen LogP contribution in [0.1, 0.15) is 19.8 Å². The Labute approximate surface area is 78.2 Å². The molecule has 0 spiro atoms. The van der Waals surface area contributed by atoms with Crippen molar-refractivity contribution in [3.63, 3.8) is 0 Å². The standard InChI is InChI=1S/C11H14N2/c1-2-3-7-13-8-5-10-9-12-6-4-11(10)13/h4-6,8-9H,2-3,7H2,1H3. The van der Waals surface area contributed by atoms with Crippen LogP contribution in [0.25, 0.3) is 10.9 Å². The average Bonchev–Trinajstić information content (AvgIpc) is 2.58. The maximum Gasteiger partial charge on any atom is 0.0511 e. The molecule has 2 nitrogen and oxygen atoms in total.